The SMILES string of the molecule is OC1N=CCS1. The number of aliphatic imine (C=N–C) groups is 1. The number of hydrogen-bond acceptors (Lipinski definition) is 3. The van der Waals surface area contributed by atoms with E-state index in [0.717, 1.165) is 5.75 Å². The summed E-state index contributed by atoms with van der Waals surface area (Å²) >= 11 is 1.43. The van der Waals surface area contributed by atoms with Gasteiger partial charge in [0, 0.05) is 12.0 Å². The lowest BCUT2D eigenvalue weighted by atomic mass is 10.9. The van der Waals surface area contributed by atoms with Gasteiger partial charge in [-0.2, -0.15) is 0 Å². The van der Waals surface area contributed by atoms with Crippen LogP contribution in [0.4, 0.5) is 0 Å². The zero-order chi connectivity index (χ0) is 4.41. The zero-order valence-electron chi connectivity index (χ0n) is 3.16. The molecule has 6 heavy (non-hydrogen) atoms. The van der Waals surface area contributed by atoms with Crippen molar-refractivity contribution >= 4 is 18.0 Å². The van der Waals surface area contributed by atoms with E-state index in [1.165, 1.54) is 11.8 Å². The second-order valence-corrected chi connectivity index (χ2v) is 2.08. The number of hydrogen-bond donors (Lipinski definition) is 1. The third-order valence-electron chi connectivity index (χ3n) is 0.553. The first kappa shape index (κ1) is 4.15. The summed E-state index contributed by atoms with van der Waals surface area (Å²) in [5, 5.41) is 8.49. The second kappa shape index (κ2) is 1.62. The monoisotopic (exact) mass is 103 g/mol. The Hall–Kier alpha value is -0.0200. The molecule has 0 saturated carbocycles. The maximum atomic E-state index is 8.49. The smallest absolute Gasteiger partial charge is 0.193 e. The van der Waals surface area contributed by atoms with Crippen LogP contribution in [0.1, 0.15) is 0 Å². The van der Waals surface area contributed by atoms with E-state index in [0.29, 0.717) is 0 Å². The largest absolute Gasteiger partial charge is 0.363 e. The number of rotatable bonds is 0. The third-order valence-corrected chi connectivity index (χ3v) is 1.31. The molecule has 2 nitrogen and oxygen atoms in total. The van der Waals surface area contributed by atoms with Crippen molar-refractivity contribution in [2.75, 3.05) is 5.75 Å². The Morgan fingerprint density at radius 3 is 3.00 bits per heavy atom. The molecule has 1 aliphatic rings. The minimum Gasteiger partial charge on any atom is -0.363 e. The van der Waals surface area contributed by atoms with Crippen molar-refractivity contribution in [1.82, 2.24) is 0 Å². The van der Waals surface area contributed by atoms with Gasteiger partial charge in [-0.05, 0) is 0 Å². The lowest BCUT2D eigenvalue weighted by Crippen LogP contribution is -1.86. The van der Waals surface area contributed by atoms with E-state index in [-0.39, 0.29) is 0 Å². The van der Waals surface area contributed by atoms with Crippen LogP contribution < -0.4 is 0 Å². The molecule has 0 radical (unpaired) electrons. The van der Waals surface area contributed by atoms with Gasteiger partial charge in [0.05, 0.1) is 0 Å². The third kappa shape index (κ3) is 0.725. The highest BCUT2D eigenvalue weighted by atomic mass is 32.2. The maximum absolute atomic E-state index is 8.49. The van der Waals surface area contributed by atoms with Gasteiger partial charge in [0.15, 0.2) is 5.56 Å². The number of aliphatic hydroxyl groups is 1. The fraction of sp³-hybridized carbons (Fsp3) is 0.667. The fourth-order valence-electron chi connectivity index (χ4n) is 0.305. The Labute approximate surface area is 40.3 Å². The first-order valence-electron chi connectivity index (χ1n) is 1.71. The van der Waals surface area contributed by atoms with Crippen LogP contribution in [0.25, 0.3) is 0 Å². The Morgan fingerprint density at radius 1 is 2.00 bits per heavy atom. The summed E-state index contributed by atoms with van der Waals surface area (Å²) in [5.41, 5.74) is -0.468. The van der Waals surface area contributed by atoms with Gasteiger partial charge in [0.1, 0.15) is 0 Å². The minimum absolute atomic E-state index is 0.468. The van der Waals surface area contributed by atoms with E-state index in [1.54, 1.807) is 6.21 Å². The zero-order valence-corrected chi connectivity index (χ0v) is 3.98. The average Bonchev–Trinajstić information content (AvgIpc) is 1.86. The van der Waals surface area contributed by atoms with Crippen molar-refractivity contribution in [1.29, 1.82) is 0 Å². The van der Waals surface area contributed by atoms with Crippen LogP contribution in [-0.4, -0.2) is 22.6 Å². The molecule has 0 amide bonds. The van der Waals surface area contributed by atoms with Gasteiger partial charge in [-0.1, -0.05) is 0 Å². The maximum Gasteiger partial charge on any atom is 0.193 e. The van der Waals surface area contributed by atoms with Gasteiger partial charge in [0.2, 0.25) is 0 Å². The van der Waals surface area contributed by atoms with Crippen molar-refractivity contribution in [2.24, 2.45) is 4.99 Å². The van der Waals surface area contributed by atoms with E-state index >= 15 is 0 Å². The molecule has 0 fully saturated rings. The molecule has 1 N–H and O–H groups in total. The van der Waals surface area contributed by atoms with Gasteiger partial charge in [-0.3, -0.25) is 4.99 Å². The molecule has 0 aromatic heterocycles. The molecule has 0 aliphatic carbocycles. The Morgan fingerprint density at radius 2 is 2.83 bits per heavy atom. The second-order valence-electron chi connectivity index (χ2n) is 0.991. The summed E-state index contributed by atoms with van der Waals surface area (Å²) < 4.78 is 0. The summed E-state index contributed by atoms with van der Waals surface area (Å²) in [6.07, 6.45) is 1.72. The highest BCUT2D eigenvalue weighted by Gasteiger charge is 2.02. The predicted molar refractivity (Wildman–Crippen MR) is 27.0 cm³/mol. The lowest BCUT2D eigenvalue weighted by molar-refractivity contribution is 0.277. The topological polar surface area (TPSA) is 32.6 Å². The molecule has 1 unspecified atom stereocenters. The molecular formula is C3H5NOS. The van der Waals surface area contributed by atoms with Crippen molar-refractivity contribution in [3.8, 4) is 0 Å². The van der Waals surface area contributed by atoms with Gasteiger partial charge >= 0.3 is 0 Å². The molecule has 3 heteroatoms. The van der Waals surface area contributed by atoms with Crippen LogP contribution in [0.15, 0.2) is 4.99 Å². The number of thioether (sulfide) groups is 1. The number of aliphatic hydroxyl groups excluding tert-OH is 1. The minimum atomic E-state index is -0.468. The van der Waals surface area contributed by atoms with Crippen LogP contribution in [0, 0.1) is 0 Å². The first-order chi connectivity index (χ1) is 2.89. The molecule has 1 atom stereocenters. The summed E-state index contributed by atoms with van der Waals surface area (Å²) in [5.74, 6) is 0.862. The molecule has 0 spiro atoms. The first-order valence-corrected chi connectivity index (χ1v) is 2.76. The van der Waals surface area contributed by atoms with E-state index in [4.69, 9.17) is 5.11 Å². The normalized spacial score (nSPS) is 31.8. The Balaban J connectivity index is 2.38. The average molecular weight is 103 g/mol. The highest BCUT2D eigenvalue weighted by molar-refractivity contribution is 8.00. The quantitative estimate of drug-likeness (QED) is 0.471. The van der Waals surface area contributed by atoms with E-state index in [2.05, 4.69) is 4.99 Å². The fourth-order valence-corrected chi connectivity index (χ4v) is 0.822. The van der Waals surface area contributed by atoms with Gasteiger partial charge < -0.3 is 5.11 Å². The van der Waals surface area contributed by atoms with Crippen molar-refractivity contribution in [2.45, 2.75) is 5.56 Å². The Bertz CT molecular complexity index is 73.2. The molecular weight excluding hydrogens is 98.1 g/mol. The van der Waals surface area contributed by atoms with Crippen LogP contribution in [0.5, 0.6) is 0 Å². The standard InChI is InChI=1S/C3H5NOS/c5-3-4-1-2-6-3/h1,3,5H,2H2. The van der Waals surface area contributed by atoms with Gasteiger partial charge in [-0.25, -0.2) is 0 Å². The van der Waals surface area contributed by atoms with Crippen molar-refractivity contribution < 1.29 is 5.11 Å². The van der Waals surface area contributed by atoms with E-state index in [9.17, 15) is 0 Å². The summed E-state index contributed by atoms with van der Waals surface area (Å²) in [6.45, 7) is 0. The Kier molecular flexibility index (Phi) is 1.12. The summed E-state index contributed by atoms with van der Waals surface area (Å²) in [4.78, 5) is 3.63. The van der Waals surface area contributed by atoms with Gasteiger partial charge in [0.25, 0.3) is 0 Å². The molecule has 34 valence electrons. The van der Waals surface area contributed by atoms with Crippen LogP contribution in [-0.2, 0) is 0 Å². The molecule has 1 heterocycles. The molecule has 1 rings (SSSR count). The molecule has 0 aromatic carbocycles. The number of nitrogens with zero attached hydrogens (tertiary/aromatic N) is 1. The van der Waals surface area contributed by atoms with Crippen LogP contribution >= 0.6 is 11.8 Å². The lowest BCUT2D eigenvalue weighted by Gasteiger charge is -1.88. The molecule has 0 aromatic rings. The molecule has 1 aliphatic heterocycles. The summed E-state index contributed by atoms with van der Waals surface area (Å²) in [7, 11) is 0. The van der Waals surface area contributed by atoms with Gasteiger partial charge in [-0.15, -0.1) is 11.8 Å². The van der Waals surface area contributed by atoms with E-state index < -0.39 is 5.56 Å². The van der Waals surface area contributed by atoms with Crippen molar-refractivity contribution in [3.05, 3.63) is 0 Å². The molecule has 0 bridgehead atoms. The van der Waals surface area contributed by atoms with Crippen LogP contribution in [0.3, 0.4) is 0 Å². The highest BCUT2D eigenvalue weighted by Crippen LogP contribution is 2.11. The van der Waals surface area contributed by atoms with Crippen molar-refractivity contribution in [3.63, 3.8) is 0 Å². The van der Waals surface area contributed by atoms with E-state index in [1.807, 2.05) is 0 Å². The summed E-state index contributed by atoms with van der Waals surface area (Å²) in [6, 6.07) is 0. The van der Waals surface area contributed by atoms with Crippen LogP contribution in [0.2, 0.25) is 0 Å². The molecule has 0 saturated heterocycles. The predicted octanol–water partition coefficient (Wildman–Crippen LogP) is 0.0799.